The van der Waals surface area contributed by atoms with Gasteiger partial charge in [-0.3, -0.25) is 0 Å². The van der Waals surface area contributed by atoms with E-state index < -0.39 is 7.58 Å². The molecule has 0 amide bonds. The Morgan fingerprint density at radius 1 is 1.62 bits per heavy atom. The van der Waals surface area contributed by atoms with E-state index >= 15 is 0 Å². The molecule has 8 heavy (non-hydrogen) atoms. The zero-order valence-corrected chi connectivity index (χ0v) is 6.19. The summed E-state index contributed by atoms with van der Waals surface area (Å²) in [6, 6.07) is 0. The third kappa shape index (κ3) is 4.81. The van der Waals surface area contributed by atoms with Gasteiger partial charge in [0.15, 0.2) is 0 Å². The normalized spacial score (nSPS) is 14.6. The van der Waals surface area contributed by atoms with Gasteiger partial charge in [0.05, 0.1) is 6.61 Å². The molecule has 50 valence electrons. The highest BCUT2D eigenvalue weighted by molar-refractivity contribution is 8.52. The van der Waals surface area contributed by atoms with Crippen LogP contribution in [0, 0.1) is 0 Å². The van der Waals surface area contributed by atoms with Gasteiger partial charge in [-0.1, -0.05) is 18.3 Å². The lowest BCUT2D eigenvalue weighted by Gasteiger charge is -2.05. The van der Waals surface area contributed by atoms with E-state index in [4.69, 9.17) is 14.9 Å². The van der Waals surface area contributed by atoms with Gasteiger partial charge in [-0.2, -0.15) is 0 Å². The molecule has 0 aromatic rings. The molecule has 1 unspecified atom stereocenters. The highest BCUT2D eigenvalue weighted by Gasteiger charge is 2.05. The van der Waals surface area contributed by atoms with E-state index in [1.807, 2.05) is 0 Å². The van der Waals surface area contributed by atoms with Crippen molar-refractivity contribution in [3.05, 3.63) is 0 Å². The molecular weight excluding hydrogens is 147 g/mol. The monoisotopic (exact) mass is 156 g/mol. The molecule has 0 saturated carbocycles. The van der Waals surface area contributed by atoms with Crippen molar-refractivity contribution in [3.63, 3.8) is 0 Å². The molecule has 0 fully saturated rings. The summed E-state index contributed by atoms with van der Waals surface area (Å²) < 4.78 is 0. The average molecular weight is 156 g/mol. The Hall–Kier alpha value is 0.660. The molecule has 0 aliphatic carbocycles. The van der Waals surface area contributed by atoms with Crippen LogP contribution in [0.15, 0.2) is 0 Å². The van der Waals surface area contributed by atoms with Crippen molar-refractivity contribution in [1.29, 1.82) is 0 Å². The lowest BCUT2D eigenvalue weighted by atomic mass is 10.5. The SMILES string of the molecule is CC(CO)SP(O)O. The van der Waals surface area contributed by atoms with Crippen molar-refractivity contribution in [2.75, 3.05) is 6.61 Å². The van der Waals surface area contributed by atoms with Crippen LogP contribution in [0.25, 0.3) is 0 Å². The van der Waals surface area contributed by atoms with E-state index in [0.29, 0.717) is 0 Å². The van der Waals surface area contributed by atoms with Crippen LogP contribution in [0.4, 0.5) is 0 Å². The predicted molar refractivity (Wildman–Crippen MR) is 35.5 cm³/mol. The molecule has 3 nitrogen and oxygen atoms in total. The zero-order valence-electron chi connectivity index (χ0n) is 4.48. The summed E-state index contributed by atoms with van der Waals surface area (Å²) in [7, 11) is -1.89. The molecule has 0 aliphatic heterocycles. The van der Waals surface area contributed by atoms with Crippen molar-refractivity contribution < 1.29 is 14.9 Å². The van der Waals surface area contributed by atoms with Gasteiger partial charge in [-0.05, 0) is 0 Å². The van der Waals surface area contributed by atoms with Crippen molar-refractivity contribution in [1.82, 2.24) is 0 Å². The Morgan fingerprint density at radius 2 is 2.12 bits per heavy atom. The molecule has 0 saturated heterocycles. The lowest BCUT2D eigenvalue weighted by molar-refractivity contribution is 0.300. The fourth-order valence-electron chi connectivity index (χ4n) is 0.194. The fourth-order valence-corrected chi connectivity index (χ4v) is 1.75. The van der Waals surface area contributed by atoms with Crippen LogP contribution in [0.1, 0.15) is 6.92 Å². The van der Waals surface area contributed by atoms with Crippen LogP contribution < -0.4 is 0 Å². The molecule has 0 aromatic heterocycles. The van der Waals surface area contributed by atoms with E-state index in [1.54, 1.807) is 6.92 Å². The molecule has 0 spiro atoms. The maximum absolute atomic E-state index is 8.35. The number of rotatable bonds is 3. The van der Waals surface area contributed by atoms with Gasteiger partial charge < -0.3 is 14.9 Å². The maximum atomic E-state index is 8.35. The summed E-state index contributed by atoms with van der Waals surface area (Å²) in [5.74, 6) is 0. The maximum Gasteiger partial charge on any atom is 0.232 e. The zero-order chi connectivity index (χ0) is 6.57. The van der Waals surface area contributed by atoms with Crippen LogP contribution in [-0.4, -0.2) is 26.8 Å². The number of aliphatic hydroxyl groups excluding tert-OH is 1. The van der Waals surface area contributed by atoms with E-state index in [9.17, 15) is 0 Å². The van der Waals surface area contributed by atoms with E-state index in [2.05, 4.69) is 0 Å². The van der Waals surface area contributed by atoms with Gasteiger partial charge in [0.25, 0.3) is 0 Å². The molecule has 0 aliphatic rings. The summed E-state index contributed by atoms with van der Waals surface area (Å²) >= 11 is 0.980. The molecule has 5 heteroatoms. The first-order chi connectivity index (χ1) is 3.66. The Bertz CT molecular complexity index is 60.5. The molecule has 0 radical (unpaired) electrons. The van der Waals surface area contributed by atoms with Crippen molar-refractivity contribution >= 4 is 19.0 Å². The van der Waals surface area contributed by atoms with E-state index in [0.717, 1.165) is 11.4 Å². The Morgan fingerprint density at radius 3 is 2.25 bits per heavy atom. The molecule has 0 rings (SSSR count). The Kier molecular flexibility index (Phi) is 4.90. The minimum atomic E-state index is -1.89. The molecule has 0 bridgehead atoms. The standard InChI is InChI=1S/C3H9O3PS/c1-3(2-4)8-7(5)6/h3-6H,2H2,1H3. The molecular formula is C3H9O3PS. The third-order valence-corrected chi connectivity index (χ3v) is 2.87. The lowest BCUT2D eigenvalue weighted by Crippen LogP contribution is -1.99. The minimum Gasteiger partial charge on any atom is -0.395 e. The van der Waals surface area contributed by atoms with E-state index in [-0.39, 0.29) is 11.9 Å². The van der Waals surface area contributed by atoms with Gasteiger partial charge in [-0.15, -0.1) is 0 Å². The molecule has 1 atom stereocenters. The second-order valence-corrected chi connectivity index (χ2v) is 4.48. The summed E-state index contributed by atoms with van der Waals surface area (Å²) in [5, 5.41) is 8.28. The summed E-state index contributed by atoms with van der Waals surface area (Å²) in [4.78, 5) is 16.7. The van der Waals surface area contributed by atoms with Crippen LogP contribution in [0.3, 0.4) is 0 Å². The number of hydrogen-bond acceptors (Lipinski definition) is 4. The molecule has 3 N–H and O–H groups in total. The summed E-state index contributed by atoms with van der Waals surface area (Å²) in [5.41, 5.74) is 0. The number of hydrogen-bond donors (Lipinski definition) is 3. The summed E-state index contributed by atoms with van der Waals surface area (Å²) in [6.07, 6.45) is 0. The first-order valence-corrected chi connectivity index (χ1v) is 4.85. The highest BCUT2D eigenvalue weighted by atomic mass is 32.7. The Balaban J connectivity index is 3.10. The number of aliphatic hydroxyl groups is 1. The fraction of sp³-hybridized carbons (Fsp3) is 1.00. The summed E-state index contributed by atoms with van der Waals surface area (Å²) in [6.45, 7) is 1.72. The third-order valence-electron chi connectivity index (χ3n) is 0.531. The van der Waals surface area contributed by atoms with Crippen LogP contribution in [0.2, 0.25) is 0 Å². The first kappa shape index (κ1) is 8.66. The highest BCUT2D eigenvalue weighted by Crippen LogP contribution is 2.43. The van der Waals surface area contributed by atoms with Crippen molar-refractivity contribution in [2.24, 2.45) is 0 Å². The van der Waals surface area contributed by atoms with Gasteiger partial charge in [0.2, 0.25) is 7.58 Å². The van der Waals surface area contributed by atoms with Crippen LogP contribution in [-0.2, 0) is 0 Å². The smallest absolute Gasteiger partial charge is 0.232 e. The molecule has 0 heterocycles. The second-order valence-electron chi connectivity index (χ2n) is 1.35. The average Bonchev–Trinajstić information content (AvgIpc) is 1.65. The Labute approximate surface area is 53.4 Å². The quantitative estimate of drug-likeness (QED) is 0.515. The predicted octanol–water partition coefficient (Wildman–Crippen LogP) is 0.312. The first-order valence-electron chi connectivity index (χ1n) is 2.12. The van der Waals surface area contributed by atoms with Crippen molar-refractivity contribution in [3.8, 4) is 0 Å². The van der Waals surface area contributed by atoms with E-state index in [1.165, 1.54) is 0 Å². The molecule has 0 aromatic carbocycles. The second kappa shape index (κ2) is 4.53. The van der Waals surface area contributed by atoms with Gasteiger partial charge in [0.1, 0.15) is 0 Å². The largest absolute Gasteiger partial charge is 0.395 e. The van der Waals surface area contributed by atoms with Gasteiger partial charge in [0, 0.05) is 5.25 Å². The topological polar surface area (TPSA) is 60.7 Å². The van der Waals surface area contributed by atoms with Gasteiger partial charge in [-0.25, -0.2) is 0 Å². The van der Waals surface area contributed by atoms with Crippen molar-refractivity contribution in [2.45, 2.75) is 12.2 Å². The van der Waals surface area contributed by atoms with Crippen LogP contribution in [0.5, 0.6) is 0 Å². The van der Waals surface area contributed by atoms with Gasteiger partial charge >= 0.3 is 0 Å². The minimum absolute atomic E-state index is 0.00931. The van der Waals surface area contributed by atoms with Crippen LogP contribution >= 0.6 is 19.0 Å².